The van der Waals surface area contributed by atoms with Crippen LogP contribution in [0, 0.1) is 0 Å². The van der Waals surface area contributed by atoms with E-state index < -0.39 is 0 Å². The van der Waals surface area contributed by atoms with E-state index in [0.29, 0.717) is 0 Å². The molecule has 0 fully saturated rings. The van der Waals surface area contributed by atoms with Gasteiger partial charge in [0, 0.05) is 14.2 Å². The highest BCUT2D eigenvalue weighted by Gasteiger charge is 2.11. The van der Waals surface area contributed by atoms with E-state index >= 15 is 0 Å². The lowest BCUT2D eigenvalue weighted by atomic mass is 10.4. The molecule has 0 saturated carbocycles. The summed E-state index contributed by atoms with van der Waals surface area (Å²) in [6.45, 7) is 4.02. The van der Waals surface area contributed by atoms with Crippen molar-refractivity contribution in [3.05, 3.63) is 0 Å². The van der Waals surface area contributed by atoms with Crippen molar-refractivity contribution in [1.82, 2.24) is 0 Å². The topological polar surface area (TPSA) is 27.7 Å². The molecule has 0 aromatic rings. The van der Waals surface area contributed by atoms with Crippen LogP contribution in [0.25, 0.3) is 0 Å². The summed E-state index contributed by atoms with van der Waals surface area (Å²) in [7, 11) is 3.27. The highest BCUT2D eigenvalue weighted by molar-refractivity contribution is 4.42. The zero-order chi connectivity index (χ0) is 8.69. The van der Waals surface area contributed by atoms with Gasteiger partial charge in [-0.15, -0.1) is 0 Å². The monoisotopic (exact) mass is 162 g/mol. The Labute approximate surface area is 68.6 Å². The number of rotatable bonds is 6. The smallest absolute Gasteiger partial charge is 0.160 e. The second-order valence-electron chi connectivity index (χ2n) is 2.28. The third kappa shape index (κ3) is 4.35. The van der Waals surface area contributed by atoms with Crippen LogP contribution in [0.3, 0.4) is 0 Å². The molecule has 0 saturated heterocycles. The average Bonchev–Trinajstić information content (AvgIpc) is 2.07. The molecule has 0 heterocycles. The predicted octanol–water partition coefficient (Wildman–Crippen LogP) is 1.77. The van der Waals surface area contributed by atoms with Crippen LogP contribution in [0.5, 0.6) is 0 Å². The predicted molar refractivity (Wildman–Crippen MR) is 43.3 cm³/mol. The van der Waals surface area contributed by atoms with E-state index in [1.54, 1.807) is 14.2 Å². The van der Waals surface area contributed by atoms with Crippen molar-refractivity contribution in [3.63, 3.8) is 0 Å². The Bertz CT molecular complexity index is 67.4. The third-order valence-electron chi connectivity index (χ3n) is 1.50. The van der Waals surface area contributed by atoms with Crippen LogP contribution in [-0.2, 0) is 14.2 Å². The van der Waals surface area contributed by atoms with Crippen LogP contribution in [0.15, 0.2) is 0 Å². The van der Waals surface area contributed by atoms with Crippen molar-refractivity contribution >= 4 is 0 Å². The van der Waals surface area contributed by atoms with E-state index in [-0.39, 0.29) is 12.6 Å². The molecule has 2 atom stereocenters. The third-order valence-corrected chi connectivity index (χ3v) is 1.50. The SMILES string of the molecule is CC[C@@H](OC)O[C@@H](CC)OC. The lowest BCUT2D eigenvalue weighted by Gasteiger charge is -2.20. The molecule has 0 aromatic heterocycles. The van der Waals surface area contributed by atoms with Crippen LogP contribution in [0.4, 0.5) is 0 Å². The minimum absolute atomic E-state index is 0.139. The number of ether oxygens (including phenoxy) is 3. The van der Waals surface area contributed by atoms with Crippen LogP contribution >= 0.6 is 0 Å². The summed E-state index contributed by atoms with van der Waals surface area (Å²) in [6, 6.07) is 0. The molecule has 0 unspecified atom stereocenters. The van der Waals surface area contributed by atoms with Gasteiger partial charge in [0.05, 0.1) is 0 Å². The van der Waals surface area contributed by atoms with Gasteiger partial charge >= 0.3 is 0 Å². The largest absolute Gasteiger partial charge is 0.356 e. The van der Waals surface area contributed by atoms with Gasteiger partial charge in [0.1, 0.15) is 0 Å². The Morgan fingerprint density at radius 1 is 0.909 bits per heavy atom. The van der Waals surface area contributed by atoms with E-state index in [1.165, 1.54) is 0 Å². The summed E-state index contributed by atoms with van der Waals surface area (Å²) < 4.78 is 15.5. The molecule has 0 radical (unpaired) electrons. The molecule has 11 heavy (non-hydrogen) atoms. The molecular weight excluding hydrogens is 144 g/mol. The second-order valence-corrected chi connectivity index (χ2v) is 2.28. The van der Waals surface area contributed by atoms with Crippen molar-refractivity contribution < 1.29 is 14.2 Å². The van der Waals surface area contributed by atoms with Gasteiger partial charge in [0.15, 0.2) is 12.6 Å². The normalized spacial score (nSPS) is 16.4. The molecule has 0 spiro atoms. The molecule has 0 N–H and O–H groups in total. The zero-order valence-corrected chi connectivity index (χ0v) is 7.79. The fraction of sp³-hybridized carbons (Fsp3) is 1.00. The molecular formula is C8H18O3. The highest BCUT2D eigenvalue weighted by Crippen LogP contribution is 2.06. The average molecular weight is 162 g/mol. The Balaban J connectivity index is 3.58. The molecule has 3 nitrogen and oxygen atoms in total. The van der Waals surface area contributed by atoms with Gasteiger partial charge in [0.2, 0.25) is 0 Å². The zero-order valence-electron chi connectivity index (χ0n) is 7.79. The van der Waals surface area contributed by atoms with Gasteiger partial charge in [-0.25, -0.2) is 0 Å². The summed E-state index contributed by atoms with van der Waals surface area (Å²) in [5.41, 5.74) is 0. The summed E-state index contributed by atoms with van der Waals surface area (Å²) in [4.78, 5) is 0. The summed E-state index contributed by atoms with van der Waals surface area (Å²) in [6.07, 6.45) is 1.41. The molecule has 0 aliphatic rings. The minimum Gasteiger partial charge on any atom is -0.356 e. The van der Waals surface area contributed by atoms with Crippen molar-refractivity contribution in [2.75, 3.05) is 14.2 Å². The van der Waals surface area contributed by atoms with E-state index in [9.17, 15) is 0 Å². The molecule has 68 valence electrons. The molecule has 0 bridgehead atoms. The number of hydrogen-bond donors (Lipinski definition) is 0. The molecule has 0 aliphatic heterocycles. The Hall–Kier alpha value is -0.120. The van der Waals surface area contributed by atoms with E-state index in [4.69, 9.17) is 14.2 Å². The van der Waals surface area contributed by atoms with E-state index in [2.05, 4.69) is 0 Å². The Morgan fingerprint density at radius 3 is 1.45 bits per heavy atom. The Morgan fingerprint density at radius 2 is 1.27 bits per heavy atom. The maximum atomic E-state index is 5.40. The minimum atomic E-state index is -0.139. The lowest BCUT2D eigenvalue weighted by Crippen LogP contribution is -2.23. The molecule has 0 amide bonds. The van der Waals surface area contributed by atoms with Crippen LogP contribution in [0.2, 0.25) is 0 Å². The van der Waals surface area contributed by atoms with Gasteiger partial charge in [-0.1, -0.05) is 13.8 Å². The van der Waals surface area contributed by atoms with Gasteiger partial charge in [-0.05, 0) is 12.8 Å². The first-order valence-electron chi connectivity index (χ1n) is 3.99. The van der Waals surface area contributed by atoms with Crippen LogP contribution in [0.1, 0.15) is 26.7 Å². The maximum absolute atomic E-state index is 5.40. The molecule has 3 heteroatoms. The summed E-state index contributed by atoms with van der Waals surface area (Å²) in [5, 5.41) is 0. The molecule has 0 aliphatic carbocycles. The number of methoxy groups -OCH3 is 2. The Kier molecular flexibility index (Phi) is 6.51. The van der Waals surface area contributed by atoms with E-state index in [0.717, 1.165) is 12.8 Å². The first kappa shape index (κ1) is 10.9. The van der Waals surface area contributed by atoms with Crippen molar-refractivity contribution in [3.8, 4) is 0 Å². The number of hydrogen-bond acceptors (Lipinski definition) is 3. The molecule has 0 aromatic carbocycles. The van der Waals surface area contributed by atoms with E-state index in [1.807, 2.05) is 13.8 Å². The van der Waals surface area contributed by atoms with Gasteiger partial charge < -0.3 is 14.2 Å². The van der Waals surface area contributed by atoms with Crippen molar-refractivity contribution in [2.45, 2.75) is 39.3 Å². The van der Waals surface area contributed by atoms with Crippen LogP contribution < -0.4 is 0 Å². The van der Waals surface area contributed by atoms with Crippen LogP contribution in [-0.4, -0.2) is 26.8 Å². The van der Waals surface area contributed by atoms with Gasteiger partial charge in [-0.2, -0.15) is 0 Å². The quantitative estimate of drug-likeness (QED) is 0.557. The maximum Gasteiger partial charge on any atom is 0.160 e. The standard InChI is InChI=1S/C8H18O3/c1-5-7(9-3)11-8(6-2)10-4/h7-8H,5-6H2,1-4H3/t7-,8-/m0/s1. The highest BCUT2D eigenvalue weighted by atomic mass is 16.8. The van der Waals surface area contributed by atoms with Gasteiger partial charge in [-0.3, -0.25) is 0 Å². The second kappa shape index (κ2) is 6.58. The first-order chi connectivity index (χ1) is 5.28. The summed E-state index contributed by atoms with van der Waals surface area (Å²) in [5.74, 6) is 0. The van der Waals surface area contributed by atoms with Crippen molar-refractivity contribution in [2.24, 2.45) is 0 Å². The summed E-state index contributed by atoms with van der Waals surface area (Å²) >= 11 is 0. The molecule has 0 rings (SSSR count). The fourth-order valence-electron chi connectivity index (χ4n) is 0.806. The lowest BCUT2D eigenvalue weighted by molar-refractivity contribution is -0.230. The van der Waals surface area contributed by atoms with Gasteiger partial charge in [0.25, 0.3) is 0 Å². The first-order valence-corrected chi connectivity index (χ1v) is 3.99. The fourth-order valence-corrected chi connectivity index (χ4v) is 0.806. The van der Waals surface area contributed by atoms with Crippen molar-refractivity contribution in [1.29, 1.82) is 0 Å².